The summed E-state index contributed by atoms with van der Waals surface area (Å²) in [6, 6.07) is 6.41. The van der Waals surface area contributed by atoms with Gasteiger partial charge in [0.1, 0.15) is 0 Å². The number of benzene rings is 1. The zero-order chi connectivity index (χ0) is 17.1. The molecule has 0 atom stereocenters. The molecule has 1 heterocycles. The molecule has 0 aromatic heterocycles. The van der Waals surface area contributed by atoms with Gasteiger partial charge < -0.3 is 10.0 Å². The molecule has 5 nitrogen and oxygen atoms in total. The van der Waals surface area contributed by atoms with Crippen molar-refractivity contribution in [1.29, 1.82) is 0 Å². The zero-order valence-electron chi connectivity index (χ0n) is 13.8. The largest absolute Gasteiger partial charge is 0.390 e. The first-order valence-electron chi connectivity index (χ1n) is 8.16. The third-order valence-electron chi connectivity index (χ3n) is 4.56. The molecule has 1 aliphatic heterocycles. The van der Waals surface area contributed by atoms with E-state index in [9.17, 15) is 18.3 Å². The van der Waals surface area contributed by atoms with E-state index in [1.165, 1.54) is 6.07 Å². The zero-order valence-corrected chi connectivity index (χ0v) is 14.6. The number of rotatable bonds is 5. The van der Waals surface area contributed by atoms with Crippen molar-refractivity contribution in [3.63, 3.8) is 0 Å². The average molecular weight is 339 g/mol. The highest BCUT2D eigenvalue weighted by Gasteiger charge is 2.33. The summed E-state index contributed by atoms with van der Waals surface area (Å²) in [5, 5.41) is 10.3. The number of hydrogen-bond donors (Lipinski definition) is 1. The topological polar surface area (TPSA) is 74.7 Å². The molecule has 2 rings (SSSR count). The van der Waals surface area contributed by atoms with E-state index >= 15 is 0 Å². The Labute approximate surface area is 138 Å². The van der Waals surface area contributed by atoms with Crippen LogP contribution < -0.4 is 0 Å². The Hall–Kier alpha value is -1.40. The van der Waals surface area contributed by atoms with Crippen LogP contribution in [-0.4, -0.2) is 48.8 Å². The number of piperidine rings is 1. The average Bonchev–Trinajstić information content (AvgIpc) is 2.55. The Morgan fingerprint density at radius 2 is 1.83 bits per heavy atom. The van der Waals surface area contributed by atoms with Crippen LogP contribution in [0, 0.1) is 0 Å². The molecule has 1 N–H and O–H groups in total. The van der Waals surface area contributed by atoms with Crippen LogP contribution in [0.25, 0.3) is 0 Å². The lowest BCUT2D eigenvalue weighted by atomic mass is 9.89. The molecule has 1 fully saturated rings. The van der Waals surface area contributed by atoms with Crippen LogP contribution in [0.4, 0.5) is 0 Å². The van der Waals surface area contributed by atoms with Gasteiger partial charge in [-0.05, 0) is 37.8 Å². The summed E-state index contributed by atoms with van der Waals surface area (Å²) in [7, 11) is -3.45. The summed E-state index contributed by atoms with van der Waals surface area (Å²) < 4.78 is 24.8. The fourth-order valence-electron chi connectivity index (χ4n) is 2.94. The molecular formula is C17H25NO4S. The summed E-state index contributed by atoms with van der Waals surface area (Å²) in [6.45, 7) is 4.64. The van der Waals surface area contributed by atoms with Crippen molar-refractivity contribution in [3.8, 4) is 0 Å². The minimum Gasteiger partial charge on any atom is -0.390 e. The van der Waals surface area contributed by atoms with Gasteiger partial charge in [0.15, 0.2) is 9.84 Å². The maximum atomic E-state index is 12.8. The van der Waals surface area contributed by atoms with Gasteiger partial charge in [0.2, 0.25) is 0 Å². The van der Waals surface area contributed by atoms with Gasteiger partial charge in [0.25, 0.3) is 5.91 Å². The molecule has 1 amide bonds. The van der Waals surface area contributed by atoms with E-state index in [1.54, 1.807) is 30.0 Å². The SMILES string of the molecule is CCCS(=O)(=O)c1ccccc1C(=O)N1CCC(O)(CC)CC1. The van der Waals surface area contributed by atoms with Gasteiger partial charge in [-0.3, -0.25) is 4.79 Å². The predicted octanol–water partition coefficient (Wildman–Crippen LogP) is 2.25. The fraction of sp³-hybridized carbons (Fsp3) is 0.588. The van der Waals surface area contributed by atoms with Crippen molar-refractivity contribution in [2.24, 2.45) is 0 Å². The Morgan fingerprint density at radius 1 is 1.22 bits per heavy atom. The number of sulfone groups is 1. The first kappa shape index (κ1) is 17.9. The third kappa shape index (κ3) is 3.93. The smallest absolute Gasteiger partial charge is 0.255 e. The molecule has 128 valence electrons. The highest BCUT2D eigenvalue weighted by Crippen LogP contribution is 2.27. The van der Waals surface area contributed by atoms with E-state index < -0.39 is 15.4 Å². The second-order valence-corrected chi connectivity index (χ2v) is 8.26. The number of nitrogens with zero attached hydrogens (tertiary/aromatic N) is 1. The van der Waals surface area contributed by atoms with Gasteiger partial charge in [0, 0.05) is 13.1 Å². The molecule has 0 bridgehead atoms. The van der Waals surface area contributed by atoms with Crippen LogP contribution in [0.5, 0.6) is 0 Å². The van der Waals surface area contributed by atoms with Crippen LogP contribution in [0.3, 0.4) is 0 Å². The first-order chi connectivity index (χ1) is 10.8. The van der Waals surface area contributed by atoms with Gasteiger partial charge in [-0.2, -0.15) is 0 Å². The van der Waals surface area contributed by atoms with Gasteiger partial charge in [-0.15, -0.1) is 0 Å². The third-order valence-corrected chi connectivity index (χ3v) is 6.54. The molecule has 0 aliphatic carbocycles. The Balaban J connectivity index is 2.25. The predicted molar refractivity (Wildman–Crippen MR) is 89.2 cm³/mol. The molecule has 0 radical (unpaired) electrons. The first-order valence-corrected chi connectivity index (χ1v) is 9.81. The lowest BCUT2D eigenvalue weighted by molar-refractivity contribution is -0.0194. The van der Waals surface area contributed by atoms with Crippen LogP contribution in [-0.2, 0) is 9.84 Å². The van der Waals surface area contributed by atoms with E-state index in [0.717, 1.165) is 0 Å². The number of carbonyl (C=O) groups is 1. The molecular weight excluding hydrogens is 314 g/mol. The maximum Gasteiger partial charge on any atom is 0.255 e. The van der Waals surface area contributed by atoms with E-state index in [2.05, 4.69) is 0 Å². The van der Waals surface area contributed by atoms with Crippen LogP contribution in [0.15, 0.2) is 29.2 Å². The Bertz CT molecular complexity index is 661. The van der Waals surface area contributed by atoms with Crippen molar-refractivity contribution >= 4 is 15.7 Å². The Morgan fingerprint density at radius 3 is 2.39 bits per heavy atom. The number of amides is 1. The highest BCUT2D eigenvalue weighted by atomic mass is 32.2. The van der Waals surface area contributed by atoms with E-state index in [-0.39, 0.29) is 22.1 Å². The molecule has 0 unspecified atom stereocenters. The van der Waals surface area contributed by atoms with Crippen molar-refractivity contribution < 1.29 is 18.3 Å². The molecule has 23 heavy (non-hydrogen) atoms. The number of hydrogen-bond acceptors (Lipinski definition) is 4. The van der Waals surface area contributed by atoms with Gasteiger partial charge in [-0.1, -0.05) is 26.0 Å². The van der Waals surface area contributed by atoms with Gasteiger partial charge in [0.05, 0.1) is 21.8 Å². The van der Waals surface area contributed by atoms with Crippen molar-refractivity contribution in [2.75, 3.05) is 18.8 Å². The summed E-state index contributed by atoms with van der Waals surface area (Å²) in [5.41, 5.74) is -0.465. The maximum absolute atomic E-state index is 12.8. The quantitative estimate of drug-likeness (QED) is 0.893. The summed E-state index contributed by atoms with van der Waals surface area (Å²) >= 11 is 0. The van der Waals surface area contributed by atoms with Gasteiger partial charge >= 0.3 is 0 Å². The molecule has 1 aliphatic rings. The van der Waals surface area contributed by atoms with E-state index in [4.69, 9.17) is 0 Å². The molecule has 1 aromatic carbocycles. The lowest BCUT2D eigenvalue weighted by Gasteiger charge is -2.37. The highest BCUT2D eigenvalue weighted by molar-refractivity contribution is 7.91. The Kier molecular flexibility index (Phi) is 5.47. The van der Waals surface area contributed by atoms with Crippen molar-refractivity contribution in [3.05, 3.63) is 29.8 Å². The summed E-state index contributed by atoms with van der Waals surface area (Å²) in [6.07, 6.45) is 2.23. The monoisotopic (exact) mass is 339 g/mol. The standard InChI is InChI=1S/C17H25NO4S/c1-3-13-23(21,22)15-8-6-5-7-14(15)16(19)18-11-9-17(20,4-2)10-12-18/h5-8,20H,3-4,9-13H2,1-2H3. The number of likely N-dealkylation sites (tertiary alicyclic amines) is 1. The second kappa shape index (κ2) is 7.01. The van der Waals surface area contributed by atoms with Crippen LogP contribution >= 0.6 is 0 Å². The molecule has 1 aromatic rings. The van der Waals surface area contributed by atoms with Crippen LogP contribution in [0.1, 0.15) is 49.9 Å². The van der Waals surface area contributed by atoms with Crippen LogP contribution in [0.2, 0.25) is 0 Å². The summed E-state index contributed by atoms with van der Waals surface area (Å²) in [5.74, 6) is -0.231. The molecule has 6 heteroatoms. The molecule has 0 saturated carbocycles. The lowest BCUT2D eigenvalue weighted by Crippen LogP contribution is -2.46. The van der Waals surface area contributed by atoms with E-state index in [0.29, 0.717) is 38.8 Å². The van der Waals surface area contributed by atoms with Crippen molar-refractivity contribution in [1.82, 2.24) is 4.90 Å². The minimum absolute atomic E-state index is 0.0346. The van der Waals surface area contributed by atoms with Crippen molar-refractivity contribution in [2.45, 2.75) is 50.0 Å². The fourth-order valence-corrected chi connectivity index (χ4v) is 4.48. The normalized spacial score (nSPS) is 18.0. The number of aliphatic hydroxyl groups is 1. The summed E-state index contributed by atoms with van der Waals surface area (Å²) in [4.78, 5) is 14.5. The molecule has 1 saturated heterocycles. The number of carbonyl (C=O) groups excluding carboxylic acids is 1. The van der Waals surface area contributed by atoms with E-state index in [1.807, 2.05) is 6.92 Å². The minimum atomic E-state index is -3.45. The second-order valence-electron chi connectivity index (χ2n) is 6.19. The molecule has 0 spiro atoms. The van der Waals surface area contributed by atoms with Gasteiger partial charge in [-0.25, -0.2) is 8.42 Å².